The number of aryl methyl sites for hydroxylation is 1. The van der Waals surface area contributed by atoms with Gasteiger partial charge in [-0.15, -0.1) is 0 Å². The molecular formula is C16H20FN3O. The van der Waals surface area contributed by atoms with E-state index in [0.717, 1.165) is 36.5 Å². The van der Waals surface area contributed by atoms with E-state index in [-0.39, 0.29) is 17.8 Å². The van der Waals surface area contributed by atoms with Gasteiger partial charge in [0.05, 0.1) is 11.8 Å². The Hall–Kier alpha value is -1.72. The van der Waals surface area contributed by atoms with Gasteiger partial charge in [0.15, 0.2) is 0 Å². The zero-order valence-corrected chi connectivity index (χ0v) is 12.1. The third kappa shape index (κ3) is 3.49. The standard InChI is InChI=1S/C16H20FN3O/c1-11-6-15(19-18-11)7-13-9-20(10-16(13)21)8-12-2-4-14(17)5-3-12/h2-6,13,16,21H,7-10H2,1H3,(H,18,19)/t13-,16-/m1/s1. The molecule has 1 aromatic heterocycles. The number of halogens is 1. The maximum atomic E-state index is 12.9. The predicted octanol–water partition coefficient (Wildman–Crippen LogP) is 1.89. The monoisotopic (exact) mass is 289 g/mol. The van der Waals surface area contributed by atoms with E-state index >= 15 is 0 Å². The fourth-order valence-electron chi connectivity index (χ4n) is 2.97. The zero-order chi connectivity index (χ0) is 14.8. The minimum atomic E-state index is -0.331. The Labute approximate surface area is 123 Å². The lowest BCUT2D eigenvalue weighted by atomic mass is 10.0. The molecule has 2 atom stereocenters. The van der Waals surface area contributed by atoms with Gasteiger partial charge in [-0.3, -0.25) is 10.00 Å². The lowest BCUT2D eigenvalue weighted by Gasteiger charge is -2.15. The first-order chi connectivity index (χ1) is 10.1. The molecule has 3 rings (SSSR count). The summed E-state index contributed by atoms with van der Waals surface area (Å²) >= 11 is 0. The first-order valence-electron chi connectivity index (χ1n) is 7.26. The number of H-pyrrole nitrogens is 1. The number of nitrogens with one attached hydrogen (secondary N) is 1. The van der Waals surface area contributed by atoms with Gasteiger partial charge in [0.1, 0.15) is 5.82 Å². The smallest absolute Gasteiger partial charge is 0.123 e. The Morgan fingerprint density at radius 3 is 2.76 bits per heavy atom. The molecule has 1 aromatic carbocycles. The number of nitrogens with zero attached hydrogens (tertiary/aromatic N) is 2. The van der Waals surface area contributed by atoms with Crippen LogP contribution < -0.4 is 0 Å². The number of hydrogen-bond donors (Lipinski definition) is 2. The van der Waals surface area contributed by atoms with Crippen molar-refractivity contribution >= 4 is 0 Å². The van der Waals surface area contributed by atoms with E-state index < -0.39 is 0 Å². The van der Waals surface area contributed by atoms with Crippen LogP contribution in [0, 0.1) is 18.7 Å². The summed E-state index contributed by atoms with van der Waals surface area (Å²) in [4.78, 5) is 2.21. The number of rotatable bonds is 4. The first kappa shape index (κ1) is 14.2. The number of aromatic nitrogens is 2. The summed E-state index contributed by atoms with van der Waals surface area (Å²) in [6.45, 7) is 4.21. The largest absolute Gasteiger partial charge is 0.391 e. The van der Waals surface area contributed by atoms with Gasteiger partial charge in [0.25, 0.3) is 0 Å². The minimum Gasteiger partial charge on any atom is -0.391 e. The molecule has 21 heavy (non-hydrogen) atoms. The van der Waals surface area contributed by atoms with Gasteiger partial charge in [-0.05, 0) is 37.1 Å². The summed E-state index contributed by atoms with van der Waals surface area (Å²) in [5.74, 6) is -0.0138. The molecule has 0 amide bonds. The maximum Gasteiger partial charge on any atom is 0.123 e. The average Bonchev–Trinajstić information content (AvgIpc) is 3.00. The van der Waals surface area contributed by atoms with Crippen LogP contribution >= 0.6 is 0 Å². The molecule has 2 N–H and O–H groups in total. The van der Waals surface area contributed by atoms with Crippen LogP contribution in [0.15, 0.2) is 30.3 Å². The zero-order valence-electron chi connectivity index (χ0n) is 12.1. The number of aliphatic hydroxyl groups is 1. The van der Waals surface area contributed by atoms with Gasteiger partial charge in [-0.2, -0.15) is 5.10 Å². The van der Waals surface area contributed by atoms with Crippen molar-refractivity contribution < 1.29 is 9.50 Å². The van der Waals surface area contributed by atoms with Crippen molar-refractivity contribution in [2.75, 3.05) is 13.1 Å². The molecule has 0 bridgehead atoms. The quantitative estimate of drug-likeness (QED) is 0.904. The van der Waals surface area contributed by atoms with Gasteiger partial charge >= 0.3 is 0 Å². The van der Waals surface area contributed by atoms with Gasteiger partial charge < -0.3 is 5.11 Å². The molecule has 5 heteroatoms. The number of aromatic amines is 1. The second-order valence-electron chi connectivity index (χ2n) is 5.89. The van der Waals surface area contributed by atoms with Gasteiger partial charge in [-0.1, -0.05) is 12.1 Å². The van der Waals surface area contributed by atoms with Crippen molar-refractivity contribution in [1.82, 2.24) is 15.1 Å². The summed E-state index contributed by atoms with van der Waals surface area (Å²) < 4.78 is 12.9. The van der Waals surface area contributed by atoms with Crippen molar-refractivity contribution in [3.8, 4) is 0 Å². The lowest BCUT2D eigenvalue weighted by Crippen LogP contribution is -2.21. The second kappa shape index (κ2) is 5.95. The Morgan fingerprint density at radius 2 is 2.10 bits per heavy atom. The maximum absolute atomic E-state index is 12.9. The topological polar surface area (TPSA) is 52.1 Å². The molecule has 0 spiro atoms. The van der Waals surface area contributed by atoms with Crippen LogP contribution in [-0.4, -0.2) is 39.4 Å². The van der Waals surface area contributed by atoms with Gasteiger partial charge in [0.2, 0.25) is 0 Å². The molecular weight excluding hydrogens is 269 g/mol. The van der Waals surface area contributed by atoms with E-state index in [1.54, 1.807) is 12.1 Å². The number of β-amino-alcohol motifs (C(OH)–C–C–N with tert-alkyl or cyclic N) is 1. The molecule has 1 fully saturated rings. The van der Waals surface area contributed by atoms with Crippen LogP contribution in [0.5, 0.6) is 0 Å². The Morgan fingerprint density at radius 1 is 1.33 bits per heavy atom. The van der Waals surface area contributed by atoms with Crippen LogP contribution in [0.1, 0.15) is 17.0 Å². The molecule has 0 unspecified atom stereocenters. The van der Waals surface area contributed by atoms with E-state index in [1.165, 1.54) is 12.1 Å². The molecule has 2 aromatic rings. The molecule has 1 aliphatic heterocycles. The highest BCUT2D eigenvalue weighted by molar-refractivity contribution is 5.16. The number of benzene rings is 1. The average molecular weight is 289 g/mol. The van der Waals surface area contributed by atoms with Crippen LogP contribution in [0.2, 0.25) is 0 Å². The second-order valence-corrected chi connectivity index (χ2v) is 5.89. The van der Waals surface area contributed by atoms with Crippen molar-refractivity contribution in [2.45, 2.75) is 26.0 Å². The number of hydrogen-bond acceptors (Lipinski definition) is 3. The molecule has 1 aliphatic rings. The van der Waals surface area contributed by atoms with Crippen LogP contribution in [0.25, 0.3) is 0 Å². The van der Waals surface area contributed by atoms with Crippen LogP contribution in [-0.2, 0) is 13.0 Å². The lowest BCUT2D eigenvalue weighted by molar-refractivity contribution is 0.140. The highest BCUT2D eigenvalue weighted by Gasteiger charge is 2.31. The van der Waals surface area contributed by atoms with Gasteiger partial charge in [0, 0.05) is 31.2 Å². The summed E-state index contributed by atoms with van der Waals surface area (Å²) in [5.41, 5.74) is 3.11. The van der Waals surface area contributed by atoms with Crippen molar-refractivity contribution in [3.05, 3.63) is 53.1 Å². The van der Waals surface area contributed by atoms with Gasteiger partial charge in [-0.25, -0.2) is 4.39 Å². The van der Waals surface area contributed by atoms with Crippen molar-refractivity contribution in [1.29, 1.82) is 0 Å². The molecule has 0 aliphatic carbocycles. The third-order valence-electron chi connectivity index (χ3n) is 4.03. The van der Waals surface area contributed by atoms with E-state index in [4.69, 9.17) is 0 Å². The molecule has 0 saturated carbocycles. The summed E-state index contributed by atoms with van der Waals surface area (Å²) in [6, 6.07) is 8.57. The van der Waals surface area contributed by atoms with Crippen molar-refractivity contribution in [2.24, 2.45) is 5.92 Å². The van der Waals surface area contributed by atoms with Crippen molar-refractivity contribution in [3.63, 3.8) is 0 Å². The molecule has 2 heterocycles. The normalized spacial score (nSPS) is 22.8. The Bertz CT molecular complexity index is 596. The number of aliphatic hydroxyl groups excluding tert-OH is 1. The highest BCUT2D eigenvalue weighted by Crippen LogP contribution is 2.22. The minimum absolute atomic E-state index is 0.202. The molecule has 112 valence electrons. The highest BCUT2D eigenvalue weighted by atomic mass is 19.1. The van der Waals surface area contributed by atoms with E-state index in [9.17, 15) is 9.50 Å². The first-order valence-corrected chi connectivity index (χ1v) is 7.26. The fourth-order valence-corrected chi connectivity index (χ4v) is 2.97. The molecule has 0 radical (unpaired) electrons. The Balaban J connectivity index is 1.59. The van der Waals surface area contributed by atoms with E-state index in [2.05, 4.69) is 15.1 Å². The predicted molar refractivity (Wildman–Crippen MR) is 78.2 cm³/mol. The van der Waals surface area contributed by atoms with E-state index in [0.29, 0.717) is 6.54 Å². The summed E-state index contributed by atoms with van der Waals surface area (Å²) in [5, 5.41) is 17.4. The SMILES string of the molecule is Cc1cc(C[C@@H]2CN(Cc3ccc(F)cc3)C[C@H]2O)n[nH]1. The molecule has 4 nitrogen and oxygen atoms in total. The third-order valence-corrected chi connectivity index (χ3v) is 4.03. The summed E-state index contributed by atoms with van der Waals surface area (Å²) in [6.07, 6.45) is 0.452. The van der Waals surface area contributed by atoms with Crippen LogP contribution in [0.3, 0.4) is 0 Å². The fraction of sp³-hybridized carbons (Fsp3) is 0.438. The Kier molecular flexibility index (Phi) is 4.03. The molecule has 1 saturated heterocycles. The number of likely N-dealkylation sites (tertiary alicyclic amines) is 1. The van der Waals surface area contributed by atoms with Crippen LogP contribution in [0.4, 0.5) is 4.39 Å². The van der Waals surface area contributed by atoms with E-state index in [1.807, 2.05) is 13.0 Å². The summed E-state index contributed by atoms with van der Waals surface area (Å²) in [7, 11) is 0.